The third-order valence-corrected chi connectivity index (χ3v) is 6.52. The summed E-state index contributed by atoms with van der Waals surface area (Å²) in [6.07, 6.45) is 2.00. The fourth-order valence-electron chi connectivity index (χ4n) is 4.74. The molecule has 3 aromatic carbocycles. The van der Waals surface area contributed by atoms with Crippen LogP contribution >= 0.6 is 0 Å². The van der Waals surface area contributed by atoms with Crippen molar-refractivity contribution in [3.63, 3.8) is 0 Å². The number of nitrogens with zero attached hydrogens (tertiary/aromatic N) is 2. The Kier molecular flexibility index (Phi) is 8.05. The second-order valence-corrected chi connectivity index (χ2v) is 9.20. The largest absolute Gasteiger partial charge is 0.491 e. The number of aliphatic carboxylic acids is 1. The van der Waals surface area contributed by atoms with Crippen molar-refractivity contribution in [3.8, 4) is 5.75 Å². The van der Waals surface area contributed by atoms with Crippen LogP contribution in [0.3, 0.4) is 0 Å². The number of carboxylic acid groups (broad SMARTS) is 1. The summed E-state index contributed by atoms with van der Waals surface area (Å²) in [6, 6.07) is 21.8. The van der Waals surface area contributed by atoms with Gasteiger partial charge in [0.1, 0.15) is 12.4 Å². The van der Waals surface area contributed by atoms with E-state index in [0.29, 0.717) is 31.9 Å². The molecule has 3 aromatic rings. The lowest BCUT2D eigenvalue weighted by Gasteiger charge is -2.25. The first-order chi connectivity index (χ1) is 17.4. The van der Waals surface area contributed by atoms with Gasteiger partial charge in [0.15, 0.2) is 5.96 Å². The predicted octanol–water partition coefficient (Wildman–Crippen LogP) is 3.32. The molecule has 1 aliphatic rings. The maximum absolute atomic E-state index is 13.0. The first-order valence-corrected chi connectivity index (χ1v) is 12.2. The number of carboxylic acids is 1. The molecule has 4 rings (SSSR count). The molecule has 0 aliphatic carbocycles. The average Bonchev–Trinajstić information content (AvgIpc) is 3.15. The number of carbonyl (C=O) groups is 2. The van der Waals surface area contributed by atoms with Gasteiger partial charge in [-0.2, -0.15) is 0 Å². The molecule has 0 bridgehead atoms. The predicted molar refractivity (Wildman–Crippen MR) is 140 cm³/mol. The van der Waals surface area contributed by atoms with Crippen LogP contribution in [-0.2, 0) is 22.6 Å². The second-order valence-electron chi connectivity index (χ2n) is 9.20. The molecule has 1 amide bonds. The fourth-order valence-corrected chi connectivity index (χ4v) is 4.74. The minimum Gasteiger partial charge on any atom is -0.491 e. The van der Waals surface area contributed by atoms with Crippen molar-refractivity contribution in [2.45, 2.75) is 38.3 Å². The Bertz CT molecular complexity index is 1240. The van der Waals surface area contributed by atoms with Crippen LogP contribution < -0.4 is 16.2 Å². The van der Waals surface area contributed by atoms with Gasteiger partial charge in [0.25, 0.3) is 0 Å². The van der Waals surface area contributed by atoms with Gasteiger partial charge in [-0.3, -0.25) is 9.59 Å². The van der Waals surface area contributed by atoms with E-state index in [1.54, 1.807) is 0 Å². The molecule has 2 atom stereocenters. The smallest absolute Gasteiger partial charge is 0.304 e. The van der Waals surface area contributed by atoms with Gasteiger partial charge < -0.3 is 26.2 Å². The number of benzene rings is 3. The third-order valence-electron chi connectivity index (χ3n) is 6.52. The maximum atomic E-state index is 13.0. The van der Waals surface area contributed by atoms with Crippen LogP contribution in [-0.4, -0.2) is 47.0 Å². The summed E-state index contributed by atoms with van der Waals surface area (Å²) < 4.78 is 6.11. The van der Waals surface area contributed by atoms with E-state index in [9.17, 15) is 14.7 Å². The normalized spacial score (nSPS) is 17.3. The monoisotopic (exact) mass is 488 g/mol. The van der Waals surface area contributed by atoms with Crippen molar-refractivity contribution in [2.75, 3.05) is 13.2 Å². The SMILES string of the molecule is NC(N)=NCc1ccc2cc(OC[C@@H]3C[C@@H](CC(=O)O)C(=O)N3CCCc3ccccc3)ccc2c1. The van der Waals surface area contributed by atoms with Gasteiger partial charge in [-0.05, 0) is 59.4 Å². The zero-order chi connectivity index (χ0) is 25.5. The zero-order valence-electron chi connectivity index (χ0n) is 20.2. The van der Waals surface area contributed by atoms with E-state index in [1.165, 1.54) is 5.56 Å². The van der Waals surface area contributed by atoms with Crippen LogP contribution in [0.2, 0.25) is 0 Å². The van der Waals surface area contributed by atoms with E-state index in [0.717, 1.165) is 29.2 Å². The van der Waals surface area contributed by atoms with Crippen LogP contribution in [0.5, 0.6) is 5.75 Å². The van der Waals surface area contributed by atoms with Crippen LogP contribution in [0.4, 0.5) is 0 Å². The highest BCUT2D eigenvalue weighted by atomic mass is 16.5. The summed E-state index contributed by atoms with van der Waals surface area (Å²) >= 11 is 0. The van der Waals surface area contributed by atoms with Crippen LogP contribution in [0.25, 0.3) is 10.8 Å². The molecule has 8 heteroatoms. The number of rotatable bonds is 11. The molecule has 1 heterocycles. The van der Waals surface area contributed by atoms with E-state index >= 15 is 0 Å². The number of hydrogen-bond donors (Lipinski definition) is 3. The molecule has 0 saturated carbocycles. The van der Waals surface area contributed by atoms with Gasteiger partial charge in [-0.1, -0.05) is 48.5 Å². The Morgan fingerprint density at radius 2 is 1.78 bits per heavy atom. The minimum atomic E-state index is -0.951. The molecule has 1 fully saturated rings. The summed E-state index contributed by atoms with van der Waals surface area (Å²) in [6.45, 7) is 1.32. The number of amides is 1. The molecule has 8 nitrogen and oxygen atoms in total. The van der Waals surface area contributed by atoms with Crippen LogP contribution in [0.1, 0.15) is 30.4 Å². The molecule has 0 radical (unpaired) electrons. The Labute approximate surface area is 210 Å². The van der Waals surface area contributed by atoms with Gasteiger partial charge in [0.2, 0.25) is 5.91 Å². The van der Waals surface area contributed by atoms with Crippen molar-refractivity contribution >= 4 is 28.6 Å². The Balaban J connectivity index is 1.40. The number of guanidine groups is 1. The minimum absolute atomic E-state index is 0.0592. The highest BCUT2D eigenvalue weighted by molar-refractivity contribution is 5.86. The number of fused-ring (bicyclic) bond motifs is 1. The van der Waals surface area contributed by atoms with Crippen molar-refractivity contribution in [1.29, 1.82) is 0 Å². The molecule has 36 heavy (non-hydrogen) atoms. The number of ether oxygens (including phenoxy) is 1. The molecule has 0 spiro atoms. The highest BCUT2D eigenvalue weighted by Gasteiger charge is 2.40. The lowest BCUT2D eigenvalue weighted by molar-refractivity contribution is -0.142. The van der Waals surface area contributed by atoms with Gasteiger partial charge in [-0.25, -0.2) is 4.99 Å². The summed E-state index contributed by atoms with van der Waals surface area (Å²) in [7, 11) is 0. The number of aryl methyl sites for hydroxylation is 1. The third kappa shape index (κ3) is 6.53. The summed E-state index contributed by atoms with van der Waals surface area (Å²) in [5.74, 6) is -0.784. The molecule has 1 aliphatic heterocycles. The Morgan fingerprint density at radius 1 is 1.03 bits per heavy atom. The average molecular weight is 489 g/mol. The van der Waals surface area contributed by atoms with Crippen LogP contribution in [0, 0.1) is 5.92 Å². The lowest BCUT2D eigenvalue weighted by Crippen LogP contribution is -2.38. The van der Waals surface area contributed by atoms with E-state index in [4.69, 9.17) is 16.2 Å². The highest BCUT2D eigenvalue weighted by Crippen LogP contribution is 2.29. The van der Waals surface area contributed by atoms with Crippen molar-refractivity contribution in [2.24, 2.45) is 22.4 Å². The standard InChI is InChI=1S/C28H32N4O4/c29-28(30)31-17-20-8-9-22-15-25(11-10-21(22)13-20)36-18-24-14-23(16-26(33)34)27(35)32(24)12-4-7-19-5-2-1-3-6-19/h1-3,5-6,8-11,13,15,23-24H,4,7,12,14,16-18H2,(H,33,34)(H4,29,30,31)/t23-,24-/m0/s1. The molecular weight excluding hydrogens is 456 g/mol. The molecule has 188 valence electrons. The summed E-state index contributed by atoms with van der Waals surface area (Å²) in [4.78, 5) is 30.1. The lowest BCUT2D eigenvalue weighted by atomic mass is 10.0. The van der Waals surface area contributed by atoms with Gasteiger partial charge in [0.05, 0.1) is 24.9 Å². The van der Waals surface area contributed by atoms with Gasteiger partial charge >= 0.3 is 5.97 Å². The zero-order valence-corrected chi connectivity index (χ0v) is 20.2. The maximum Gasteiger partial charge on any atom is 0.304 e. The quantitative estimate of drug-likeness (QED) is 0.280. The van der Waals surface area contributed by atoms with Crippen molar-refractivity contribution in [1.82, 2.24) is 4.90 Å². The van der Waals surface area contributed by atoms with Crippen molar-refractivity contribution < 1.29 is 19.4 Å². The molecule has 5 N–H and O–H groups in total. The number of hydrogen-bond acceptors (Lipinski definition) is 4. The molecule has 1 saturated heterocycles. The molecule has 0 unspecified atom stereocenters. The fraction of sp³-hybridized carbons (Fsp3) is 0.321. The van der Waals surface area contributed by atoms with Crippen molar-refractivity contribution in [3.05, 3.63) is 77.9 Å². The van der Waals surface area contributed by atoms with E-state index in [2.05, 4.69) is 17.1 Å². The number of carbonyl (C=O) groups excluding carboxylic acids is 1. The molecular formula is C28H32N4O4. The first kappa shape index (κ1) is 25.0. The van der Waals surface area contributed by atoms with E-state index in [-0.39, 0.29) is 24.3 Å². The summed E-state index contributed by atoms with van der Waals surface area (Å²) in [5, 5.41) is 11.3. The number of nitrogens with two attached hydrogens (primary N) is 2. The topological polar surface area (TPSA) is 131 Å². The Morgan fingerprint density at radius 3 is 2.53 bits per heavy atom. The van der Waals surface area contributed by atoms with Crippen LogP contribution in [0.15, 0.2) is 71.7 Å². The number of aliphatic imine (C=N–C) groups is 1. The van der Waals surface area contributed by atoms with E-state index in [1.807, 2.05) is 59.5 Å². The summed E-state index contributed by atoms with van der Waals surface area (Å²) in [5.41, 5.74) is 13.1. The first-order valence-electron chi connectivity index (χ1n) is 12.2. The number of likely N-dealkylation sites (tertiary alicyclic amines) is 1. The second kappa shape index (κ2) is 11.6. The van der Waals surface area contributed by atoms with E-state index < -0.39 is 11.9 Å². The Hall–Kier alpha value is -4.07. The van der Waals surface area contributed by atoms with Gasteiger partial charge in [-0.15, -0.1) is 0 Å². The van der Waals surface area contributed by atoms with Gasteiger partial charge in [0, 0.05) is 6.54 Å². The molecule has 0 aromatic heterocycles.